The molecule has 0 amide bonds. The molecule has 0 saturated heterocycles. The van der Waals surface area contributed by atoms with Gasteiger partial charge in [-0.05, 0) is 50.4 Å². The molecule has 2 fully saturated rings. The quantitative estimate of drug-likeness (QED) is 0.734. The molecule has 3 N–H and O–H groups in total. The van der Waals surface area contributed by atoms with Crippen LogP contribution < -0.4 is 11.1 Å². The van der Waals surface area contributed by atoms with Gasteiger partial charge in [-0.15, -0.1) is 0 Å². The second-order valence-corrected chi connectivity index (χ2v) is 5.80. The van der Waals surface area contributed by atoms with Gasteiger partial charge in [-0.25, -0.2) is 0 Å². The van der Waals surface area contributed by atoms with Crippen LogP contribution in [-0.2, 0) is 0 Å². The summed E-state index contributed by atoms with van der Waals surface area (Å²) in [5.41, 5.74) is 5.93. The highest BCUT2D eigenvalue weighted by Gasteiger charge is 2.31. The van der Waals surface area contributed by atoms with Crippen LogP contribution in [0.1, 0.15) is 52.4 Å². The molecule has 3 atom stereocenters. The highest BCUT2D eigenvalue weighted by Crippen LogP contribution is 2.32. The Labute approximate surface area is 94.0 Å². The molecular weight excluding hydrogens is 184 g/mol. The van der Waals surface area contributed by atoms with E-state index in [1.807, 2.05) is 0 Å². The SMILES string of the molecule is CC1CCC(NC2CCC(N)CC2)C1C. The summed E-state index contributed by atoms with van der Waals surface area (Å²) >= 11 is 0. The fourth-order valence-electron chi connectivity index (χ4n) is 3.19. The third-order valence-corrected chi connectivity index (χ3v) is 4.69. The van der Waals surface area contributed by atoms with E-state index in [2.05, 4.69) is 19.2 Å². The average Bonchev–Trinajstić information content (AvgIpc) is 2.53. The number of nitrogens with one attached hydrogen (secondary N) is 1. The molecule has 2 aliphatic rings. The van der Waals surface area contributed by atoms with Crippen LogP contribution in [0.2, 0.25) is 0 Å². The number of hydrogen-bond donors (Lipinski definition) is 2. The summed E-state index contributed by atoms with van der Waals surface area (Å²) in [6.45, 7) is 4.80. The molecule has 0 spiro atoms. The molecular formula is C13H26N2. The summed E-state index contributed by atoms with van der Waals surface area (Å²) in [5.74, 6) is 1.77. The van der Waals surface area contributed by atoms with Crippen molar-refractivity contribution in [2.24, 2.45) is 17.6 Å². The first-order chi connectivity index (χ1) is 7.16. The smallest absolute Gasteiger partial charge is 0.00979 e. The van der Waals surface area contributed by atoms with Gasteiger partial charge in [0.05, 0.1) is 0 Å². The Kier molecular flexibility index (Phi) is 3.68. The zero-order chi connectivity index (χ0) is 10.8. The van der Waals surface area contributed by atoms with E-state index in [0.29, 0.717) is 6.04 Å². The Hall–Kier alpha value is -0.0800. The van der Waals surface area contributed by atoms with Crippen molar-refractivity contribution in [3.05, 3.63) is 0 Å². The predicted octanol–water partition coefficient (Wildman–Crippen LogP) is 2.28. The lowest BCUT2D eigenvalue weighted by Crippen LogP contribution is -2.44. The number of nitrogens with two attached hydrogens (primary N) is 1. The number of rotatable bonds is 2. The Morgan fingerprint density at radius 2 is 1.60 bits per heavy atom. The van der Waals surface area contributed by atoms with E-state index in [1.165, 1.54) is 38.5 Å². The highest BCUT2D eigenvalue weighted by atomic mass is 15.0. The third-order valence-electron chi connectivity index (χ3n) is 4.69. The predicted molar refractivity (Wildman–Crippen MR) is 64.7 cm³/mol. The van der Waals surface area contributed by atoms with Crippen molar-refractivity contribution < 1.29 is 0 Å². The molecule has 0 radical (unpaired) electrons. The highest BCUT2D eigenvalue weighted by molar-refractivity contribution is 4.89. The van der Waals surface area contributed by atoms with Crippen molar-refractivity contribution in [2.75, 3.05) is 0 Å². The first-order valence-electron chi connectivity index (χ1n) is 6.68. The first-order valence-corrected chi connectivity index (χ1v) is 6.68. The minimum absolute atomic E-state index is 0.475. The van der Waals surface area contributed by atoms with Crippen LogP contribution in [-0.4, -0.2) is 18.1 Å². The second kappa shape index (κ2) is 4.84. The topological polar surface area (TPSA) is 38.0 Å². The average molecular weight is 210 g/mol. The molecule has 2 saturated carbocycles. The summed E-state index contributed by atoms with van der Waals surface area (Å²) in [5, 5.41) is 3.86. The fraction of sp³-hybridized carbons (Fsp3) is 1.00. The summed E-state index contributed by atoms with van der Waals surface area (Å²) in [6, 6.07) is 2.00. The molecule has 0 aromatic rings. The molecule has 2 rings (SSSR count). The minimum Gasteiger partial charge on any atom is -0.328 e. The lowest BCUT2D eigenvalue weighted by Gasteiger charge is -2.31. The molecule has 15 heavy (non-hydrogen) atoms. The van der Waals surface area contributed by atoms with E-state index in [4.69, 9.17) is 5.73 Å². The first kappa shape index (κ1) is 11.4. The van der Waals surface area contributed by atoms with E-state index in [1.54, 1.807) is 0 Å². The molecule has 2 aliphatic carbocycles. The van der Waals surface area contributed by atoms with Crippen LogP contribution in [0.5, 0.6) is 0 Å². The fourth-order valence-corrected chi connectivity index (χ4v) is 3.19. The maximum Gasteiger partial charge on any atom is 0.00979 e. The van der Waals surface area contributed by atoms with Gasteiger partial charge >= 0.3 is 0 Å². The van der Waals surface area contributed by atoms with Gasteiger partial charge in [-0.2, -0.15) is 0 Å². The summed E-state index contributed by atoms with van der Waals surface area (Å²) < 4.78 is 0. The molecule has 0 bridgehead atoms. The lowest BCUT2D eigenvalue weighted by atomic mass is 9.90. The molecule has 88 valence electrons. The molecule has 0 aromatic heterocycles. The van der Waals surface area contributed by atoms with Crippen molar-refractivity contribution >= 4 is 0 Å². The third kappa shape index (κ3) is 2.73. The molecule has 2 heteroatoms. The number of hydrogen-bond acceptors (Lipinski definition) is 2. The normalized spacial score (nSPS) is 47.0. The Bertz CT molecular complexity index is 197. The van der Waals surface area contributed by atoms with Crippen LogP contribution in [0.4, 0.5) is 0 Å². The van der Waals surface area contributed by atoms with Gasteiger partial charge in [0.25, 0.3) is 0 Å². The van der Waals surface area contributed by atoms with Gasteiger partial charge in [0, 0.05) is 18.1 Å². The molecule has 0 aromatic carbocycles. The second-order valence-electron chi connectivity index (χ2n) is 5.80. The van der Waals surface area contributed by atoms with Gasteiger partial charge < -0.3 is 11.1 Å². The van der Waals surface area contributed by atoms with Crippen molar-refractivity contribution in [3.63, 3.8) is 0 Å². The van der Waals surface area contributed by atoms with Gasteiger partial charge in [-0.3, -0.25) is 0 Å². The van der Waals surface area contributed by atoms with Crippen LogP contribution in [0.25, 0.3) is 0 Å². The summed E-state index contributed by atoms with van der Waals surface area (Å²) in [4.78, 5) is 0. The van der Waals surface area contributed by atoms with Crippen LogP contribution in [0.15, 0.2) is 0 Å². The Balaban J connectivity index is 1.77. The van der Waals surface area contributed by atoms with Crippen LogP contribution in [0.3, 0.4) is 0 Å². The van der Waals surface area contributed by atoms with E-state index < -0.39 is 0 Å². The Morgan fingerprint density at radius 1 is 0.933 bits per heavy atom. The molecule has 0 aliphatic heterocycles. The van der Waals surface area contributed by atoms with Crippen molar-refractivity contribution in [1.29, 1.82) is 0 Å². The maximum atomic E-state index is 5.93. The van der Waals surface area contributed by atoms with E-state index >= 15 is 0 Å². The summed E-state index contributed by atoms with van der Waals surface area (Å²) in [7, 11) is 0. The Morgan fingerprint density at radius 3 is 2.13 bits per heavy atom. The molecule has 0 heterocycles. The minimum atomic E-state index is 0.475. The van der Waals surface area contributed by atoms with Crippen molar-refractivity contribution in [1.82, 2.24) is 5.32 Å². The summed E-state index contributed by atoms with van der Waals surface area (Å²) in [6.07, 6.45) is 7.80. The van der Waals surface area contributed by atoms with Crippen LogP contribution >= 0.6 is 0 Å². The standard InChI is InChI=1S/C13H26N2/c1-9-3-8-13(10(9)2)15-12-6-4-11(14)5-7-12/h9-13,15H,3-8,14H2,1-2H3. The largest absolute Gasteiger partial charge is 0.328 e. The monoisotopic (exact) mass is 210 g/mol. The molecule has 2 nitrogen and oxygen atoms in total. The van der Waals surface area contributed by atoms with Gasteiger partial charge in [0.1, 0.15) is 0 Å². The van der Waals surface area contributed by atoms with Crippen molar-refractivity contribution in [3.8, 4) is 0 Å². The molecule has 3 unspecified atom stereocenters. The van der Waals surface area contributed by atoms with Gasteiger partial charge in [0.15, 0.2) is 0 Å². The van der Waals surface area contributed by atoms with Crippen LogP contribution in [0, 0.1) is 11.8 Å². The van der Waals surface area contributed by atoms with Crippen molar-refractivity contribution in [2.45, 2.75) is 70.5 Å². The zero-order valence-electron chi connectivity index (χ0n) is 10.2. The lowest BCUT2D eigenvalue weighted by molar-refractivity contribution is 0.280. The maximum absolute atomic E-state index is 5.93. The van der Waals surface area contributed by atoms with E-state index in [9.17, 15) is 0 Å². The zero-order valence-corrected chi connectivity index (χ0v) is 10.2. The van der Waals surface area contributed by atoms with Gasteiger partial charge in [0.2, 0.25) is 0 Å². The van der Waals surface area contributed by atoms with E-state index in [-0.39, 0.29) is 0 Å². The van der Waals surface area contributed by atoms with E-state index in [0.717, 1.165) is 23.9 Å². The van der Waals surface area contributed by atoms with Gasteiger partial charge in [-0.1, -0.05) is 13.8 Å².